The highest BCUT2D eigenvalue weighted by atomic mass is 32.2. The van der Waals surface area contributed by atoms with Crippen molar-refractivity contribution in [1.29, 1.82) is 0 Å². The molecule has 0 bridgehead atoms. The number of pyridine rings is 2. The number of rotatable bonds is 8. The molecule has 36 heavy (non-hydrogen) atoms. The number of H-pyrrole nitrogens is 1. The fourth-order valence-electron chi connectivity index (χ4n) is 3.45. The SMILES string of the molecule is CC(C)Oc1cc(Oc2ccc(S(=O)(=O)C3CC3)nc2)cc(C(=O)Nc2nc3ccc(=O)[nH]c3s2)c1. The Kier molecular flexibility index (Phi) is 6.22. The zero-order valence-corrected chi connectivity index (χ0v) is 21.0. The van der Waals surface area contributed by atoms with Crippen molar-refractivity contribution < 1.29 is 22.7 Å². The van der Waals surface area contributed by atoms with Gasteiger partial charge in [0, 0.05) is 17.7 Å². The lowest BCUT2D eigenvalue weighted by Crippen LogP contribution is -2.13. The van der Waals surface area contributed by atoms with Crippen molar-refractivity contribution in [2.24, 2.45) is 0 Å². The molecule has 0 saturated heterocycles. The predicted molar refractivity (Wildman–Crippen MR) is 135 cm³/mol. The number of benzene rings is 1. The number of thiazole rings is 1. The summed E-state index contributed by atoms with van der Waals surface area (Å²) in [5, 5.41) is 2.73. The quantitative estimate of drug-likeness (QED) is 0.349. The number of ether oxygens (including phenoxy) is 2. The lowest BCUT2D eigenvalue weighted by molar-refractivity contribution is 0.102. The molecule has 3 heterocycles. The van der Waals surface area contributed by atoms with Gasteiger partial charge < -0.3 is 14.5 Å². The maximum absolute atomic E-state index is 13.0. The van der Waals surface area contributed by atoms with E-state index in [-0.39, 0.29) is 27.5 Å². The first kappa shape index (κ1) is 23.9. The summed E-state index contributed by atoms with van der Waals surface area (Å²) in [5.74, 6) is 0.598. The normalized spacial score (nSPS) is 13.6. The minimum Gasteiger partial charge on any atom is -0.491 e. The molecule has 1 saturated carbocycles. The average Bonchev–Trinajstić information content (AvgIpc) is 3.61. The van der Waals surface area contributed by atoms with Crippen LogP contribution in [-0.2, 0) is 9.84 Å². The second-order valence-corrected chi connectivity index (χ2v) is 11.7. The molecule has 2 N–H and O–H groups in total. The maximum Gasteiger partial charge on any atom is 0.257 e. The third kappa shape index (κ3) is 5.24. The zero-order valence-electron chi connectivity index (χ0n) is 19.3. The largest absolute Gasteiger partial charge is 0.491 e. The van der Waals surface area contributed by atoms with Gasteiger partial charge in [0.15, 0.2) is 20.0 Å². The van der Waals surface area contributed by atoms with E-state index in [1.54, 1.807) is 18.2 Å². The van der Waals surface area contributed by atoms with Gasteiger partial charge in [-0.2, -0.15) is 0 Å². The summed E-state index contributed by atoms with van der Waals surface area (Å²) in [7, 11) is -3.40. The highest BCUT2D eigenvalue weighted by molar-refractivity contribution is 7.92. The molecule has 0 atom stereocenters. The van der Waals surface area contributed by atoms with Gasteiger partial charge in [-0.25, -0.2) is 18.4 Å². The van der Waals surface area contributed by atoms with E-state index in [1.807, 2.05) is 13.8 Å². The molecule has 0 radical (unpaired) electrons. The predicted octanol–water partition coefficient (Wildman–Crippen LogP) is 4.15. The van der Waals surface area contributed by atoms with Crippen LogP contribution in [0.4, 0.5) is 5.13 Å². The van der Waals surface area contributed by atoms with Crippen LogP contribution in [0.2, 0.25) is 0 Å². The second kappa shape index (κ2) is 9.36. The first-order chi connectivity index (χ1) is 17.2. The molecule has 5 rings (SSSR count). The van der Waals surface area contributed by atoms with E-state index < -0.39 is 15.7 Å². The summed E-state index contributed by atoms with van der Waals surface area (Å²) in [4.78, 5) is 36.2. The summed E-state index contributed by atoms with van der Waals surface area (Å²) < 4.78 is 36.4. The van der Waals surface area contributed by atoms with Crippen molar-refractivity contribution in [3.8, 4) is 17.2 Å². The highest BCUT2D eigenvalue weighted by Crippen LogP contribution is 2.34. The lowest BCUT2D eigenvalue weighted by Gasteiger charge is -2.14. The number of carbonyl (C=O) groups excluding carboxylic acids is 1. The first-order valence-corrected chi connectivity index (χ1v) is 13.5. The Morgan fingerprint density at radius 1 is 1.11 bits per heavy atom. The number of carbonyl (C=O) groups is 1. The van der Waals surface area contributed by atoms with E-state index in [2.05, 4.69) is 20.3 Å². The van der Waals surface area contributed by atoms with Crippen molar-refractivity contribution in [3.63, 3.8) is 0 Å². The minimum atomic E-state index is -3.40. The van der Waals surface area contributed by atoms with Gasteiger partial charge in [0.25, 0.3) is 5.91 Å². The highest BCUT2D eigenvalue weighted by Gasteiger charge is 2.37. The third-order valence-electron chi connectivity index (χ3n) is 5.22. The molecule has 4 aromatic rings. The molecule has 1 amide bonds. The summed E-state index contributed by atoms with van der Waals surface area (Å²) >= 11 is 1.15. The van der Waals surface area contributed by atoms with Gasteiger partial charge in [-0.3, -0.25) is 14.9 Å². The Labute approximate surface area is 210 Å². The number of anilines is 1. The summed E-state index contributed by atoms with van der Waals surface area (Å²) in [5.41, 5.74) is 0.573. The molecule has 1 aromatic carbocycles. The van der Waals surface area contributed by atoms with Gasteiger partial charge in [-0.05, 0) is 57.0 Å². The van der Waals surface area contributed by atoms with Crippen molar-refractivity contribution in [3.05, 3.63) is 64.6 Å². The number of amides is 1. The average molecular weight is 527 g/mol. The van der Waals surface area contributed by atoms with E-state index in [0.717, 1.165) is 11.3 Å². The van der Waals surface area contributed by atoms with Crippen LogP contribution in [0.1, 0.15) is 37.0 Å². The molecule has 10 nitrogen and oxygen atoms in total. The van der Waals surface area contributed by atoms with Gasteiger partial charge in [-0.15, -0.1) is 0 Å². The van der Waals surface area contributed by atoms with Crippen LogP contribution in [0.5, 0.6) is 17.2 Å². The molecular formula is C24H22N4O6S2. The van der Waals surface area contributed by atoms with E-state index >= 15 is 0 Å². The van der Waals surface area contributed by atoms with E-state index in [4.69, 9.17) is 9.47 Å². The summed E-state index contributed by atoms with van der Waals surface area (Å²) in [6, 6.07) is 10.6. The Hall–Kier alpha value is -3.77. The topological polar surface area (TPSA) is 140 Å². The van der Waals surface area contributed by atoms with E-state index in [1.165, 1.54) is 30.5 Å². The van der Waals surface area contributed by atoms with Crippen molar-refractivity contribution in [2.75, 3.05) is 5.32 Å². The molecule has 1 fully saturated rings. The number of fused-ring (bicyclic) bond motifs is 1. The molecule has 186 valence electrons. The summed E-state index contributed by atoms with van der Waals surface area (Å²) in [6.07, 6.45) is 2.51. The lowest BCUT2D eigenvalue weighted by atomic mass is 10.2. The first-order valence-electron chi connectivity index (χ1n) is 11.2. The van der Waals surface area contributed by atoms with Gasteiger partial charge in [0.05, 0.1) is 17.6 Å². The van der Waals surface area contributed by atoms with E-state index in [9.17, 15) is 18.0 Å². The number of nitrogens with zero attached hydrogens (tertiary/aromatic N) is 2. The second-order valence-electron chi connectivity index (χ2n) is 8.55. The number of hydrogen-bond donors (Lipinski definition) is 2. The molecule has 0 aliphatic heterocycles. The number of aromatic nitrogens is 3. The maximum atomic E-state index is 13.0. The Morgan fingerprint density at radius 3 is 2.58 bits per heavy atom. The fraction of sp³-hybridized carbons (Fsp3) is 0.250. The van der Waals surface area contributed by atoms with Crippen molar-refractivity contribution >= 4 is 42.6 Å². The number of sulfone groups is 1. The van der Waals surface area contributed by atoms with Crippen LogP contribution in [0, 0.1) is 0 Å². The van der Waals surface area contributed by atoms with Gasteiger partial charge >= 0.3 is 0 Å². The Morgan fingerprint density at radius 2 is 1.89 bits per heavy atom. The van der Waals surface area contributed by atoms with Crippen LogP contribution in [0.3, 0.4) is 0 Å². The van der Waals surface area contributed by atoms with Gasteiger partial charge in [0.2, 0.25) is 5.56 Å². The number of aromatic amines is 1. The Balaban J connectivity index is 1.39. The Bertz CT molecular complexity index is 1610. The van der Waals surface area contributed by atoms with E-state index in [0.29, 0.717) is 45.6 Å². The fourth-order valence-corrected chi connectivity index (χ4v) is 5.85. The van der Waals surface area contributed by atoms with Crippen LogP contribution < -0.4 is 20.3 Å². The molecule has 3 aromatic heterocycles. The van der Waals surface area contributed by atoms with Crippen LogP contribution >= 0.6 is 11.3 Å². The molecular weight excluding hydrogens is 504 g/mol. The third-order valence-corrected chi connectivity index (χ3v) is 8.29. The molecule has 0 unspecified atom stereocenters. The van der Waals surface area contributed by atoms with Crippen molar-refractivity contribution in [2.45, 2.75) is 43.1 Å². The van der Waals surface area contributed by atoms with Gasteiger partial charge in [0.1, 0.15) is 27.6 Å². The number of hydrogen-bond acceptors (Lipinski definition) is 9. The molecule has 0 spiro atoms. The summed E-state index contributed by atoms with van der Waals surface area (Å²) in [6.45, 7) is 3.72. The molecule has 1 aliphatic rings. The standard InChI is InChI=1S/C24H22N4O6S2/c1-13(2)33-16-9-14(22(30)28-24-26-19-6-7-20(29)27-23(19)35-24)10-17(11-16)34-15-3-8-21(25-12-15)36(31,32)18-4-5-18/h3,6-13,18H,4-5H2,1-2H3,(H,27,29)(H,26,28,30). The monoisotopic (exact) mass is 526 g/mol. The minimum absolute atomic E-state index is 0.0199. The van der Waals surface area contributed by atoms with Gasteiger partial charge in [-0.1, -0.05) is 11.3 Å². The molecule has 1 aliphatic carbocycles. The number of nitrogens with one attached hydrogen (secondary N) is 2. The van der Waals surface area contributed by atoms with Crippen LogP contribution in [0.15, 0.2) is 58.5 Å². The zero-order chi connectivity index (χ0) is 25.4. The van der Waals surface area contributed by atoms with Crippen LogP contribution in [0.25, 0.3) is 10.3 Å². The molecule has 12 heteroatoms. The van der Waals surface area contributed by atoms with Crippen molar-refractivity contribution in [1.82, 2.24) is 15.0 Å². The van der Waals surface area contributed by atoms with Crippen LogP contribution in [-0.4, -0.2) is 40.6 Å². The smallest absolute Gasteiger partial charge is 0.257 e.